The maximum absolute atomic E-state index is 12.5. The first-order chi connectivity index (χ1) is 10.7. The van der Waals surface area contributed by atoms with Crippen molar-refractivity contribution in [1.82, 2.24) is 15.5 Å². The molecule has 0 radical (unpaired) electrons. The van der Waals surface area contributed by atoms with Gasteiger partial charge in [0, 0.05) is 6.26 Å². The highest BCUT2D eigenvalue weighted by atomic mass is 32.2. The Hall–Kier alpha value is -2.29. The summed E-state index contributed by atoms with van der Waals surface area (Å²) < 4.78 is 47.7. The fourth-order valence-corrected chi connectivity index (χ4v) is 2.55. The Morgan fingerprint density at radius 2 is 1.87 bits per heavy atom. The second kappa shape index (κ2) is 6.45. The largest absolute Gasteiger partial charge is 0.344 e. The first-order valence-corrected chi connectivity index (χ1v) is 8.52. The third-order valence-corrected chi connectivity index (χ3v) is 4.35. The number of carbonyl (C=O) groups is 1. The minimum Gasteiger partial charge on any atom is -0.344 e. The number of hydrogen-bond acceptors (Lipinski definition) is 4. The lowest BCUT2D eigenvalue weighted by Gasteiger charge is -2.13. The molecule has 0 spiro atoms. The number of H-pyrrole nitrogens is 1. The predicted octanol–water partition coefficient (Wildman–Crippen LogP) is 2.24. The number of nitrogens with one attached hydrogen (secondary N) is 2. The molecule has 2 N–H and O–H groups in total. The summed E-state index contributed by atoms with van der Waals surface area (Å²) >= 11 is 0. The Balaban J connectivity index is 2.08. The van der Waals surface area contributed by atoms with Crippen LogP contribution in [0, 0.1) is 0 Å². The van der Waals surface area contributed by atoms with Gasteiger partial charge in [0.2, 0.25) is 0 Å². The maximum Gasteiger partial charge on any atom is 0.279 e. The number of benzene rings is 1. The molecule has 0 bridgehead atoms. The van der Waals surface area contributed by atoms with Gasteiger partial charge < -0.3 is 5.32 Å². The molecule has 0 unspecified atom stereocenters. The molecule has 124 valence electrons. The van der Waals surface area contributed by atoms with Crippen LogP contribution in [0.1, 0.15) is 41.1 Å². The molecule has 1 amide bonds. The quantitative estimate of drug-likeness (QED) is 0.871. The molecular weight excluding hydrogens is 328 g/mol. The zero-order valence-corrected chi connectivity index (χ0v) is 13.2. The van der Waals surface area contributed by atoms with Gasteiger partial charge in [0.15, 0.2) is 9.84 Å². The number of amides is 1. The normalized spacial score (nSPS) is 13.1. The van der Waals surface area contributed by atoms with E-state index in [2.05, 4.69) is 15.5 Å². The van der Waals surface area contributed by atoms with Crippen LogP contribution in [0.5, 0.6) is 0 Å². The van der Waals surface area contributed by atoms with Gasteiger partial charge in [-0.25, -0.2) is 17.2 Å². The van der Waals surface area contributed by atoms with Crippen molar-refractivity contribution in [1.29, 1.82) is 0 Å². The molecule has 1 atom stereocenters. The van der Waals surface area contributed by atoms with E-state index in [1.54, 1.807) is 19.1 Å². The molecule has 6 nitrogen and oxygen atoms in total. The summed E-state index contributed by atoms with van der Waals surface area (Å²) in [5, 5.41) is 8.24. The first-order valence-electron chi connectivity index (χ1n) is 6.63. The van der Waals surface area contributed by atoms with Gasteiger partial charge in [0.05, 0.1) is 10.9 Å². The predicted molar refractivity (Wildman–Crippen MR) is 79.0 cm³/mol. The Labute approximate surface area is 131 Å². The van der Waals surface area contributed by atoms with E-state index in [1.807, 2.05) is 0 Å². The van der Waals surface area contributed by atoms with Gasteiger partial charge >= 0.3 is 0 Å². The van der Waals surface area contributed by atoms with E-state index in [4.69, 9.17) is 0 Å². The van der Waals surface area contributed by atoms with Crippen molar-refractivity contribution >= 4 is 15.7 Å². The van der Waals surface area contributed by atoms with Crippen LogP contribution in [0.15, 0.2) is 35.2 Å². The number of rotatable bonds is 5. The number of alkyl halides is 2. The van der Waals surface area contributed by atoms with Crippen molar-refractivity contribution in [3.05, 3.63) is 47.3 Å². The molecule has 2 aromatic rings. The van der Waals surface area contributed by atoms with Crippen molar-refractivity contribution in [2.24, 2.45) is 0 Å². The SMILES string of the molecule is C[C@@H](NC(=O)c1cc(C(F)F)[nH]n1)c1ccc(S(C)(=O)=O)cc1. The summed E-state index contributed by atoms with van der Waals surface area (Å²) in [5.74, 6) is -0.604. The van der Waals surface area contributed by atoms with Crippen LogP contribution >= 0.6 is 0 Å². The number of hydrogen-bond donors (Lipinski definition) is 2. The molecule has 0 saturated carbocycles. The van der Waals surface area contributed by atoms with E-state index in [0.29, 0.717) is 5.56 Å². The van der Waals surface area contributed by atoms with Gasteiger partial charge in [0.25, 0.3) is 12.3 Å². The van der Waals surface area contributed by atoms with Gasteiger partial charge in [-0.15, -0.1) is 0 Å². The highest BCUT2D eigenvalue weighted by molar-refractivity contribution is 7.90. The average Bonchev–Trinajstić information content (AvgIpc) is 2.96. The molecule has 1 heterocycles. The molecule has 0 aliphatic carbocycles. The Bertz CT molecular complexity index is 801. The van der Waals surface area contributed by atoms with Crippen molar-refractivity contribution in [2.45, 2.75) is 24.3 Å². The zero-order chi connectivity index (χ0) is 17.2. The smallest absolute Gasteiger partial charge is 0.279 e. The molecule has 23 heavy (non-hydrogen) atoms. The highest BCUT2D eigenvalue weighted by Crippen LogP contribution is 2.18. The summed E-state index contributed by atoms with van der Waals surface area (Å²) in [4.78, 5) is 12.1. The number of aromatic nitrogens is 2. The van der Waals surface area contributed by atoms with E-state index in [-0.39, 0.29) is 10.6 Å². The number of nitrogens with zero attached hydrogens (tertiary/aromatic N) is 1. The third kappa shape index (κ3) is 4.13. The van der Waals surface area contributed by atoms with Crippen LogP contribution in [-0.4, -0.2) is 30.8 Å². The van der Waals surface area contributed by atoms with Gasteiger partial charge in [-0.1, -0.05) is 12.1 Å². The molecule has 1 aromatic carbocycles. The van der Waals surface area contributed by atoms with Crippen LogP contribution in [0.3, 0.4) is 0 Å². The molecule has 0 aliphatic rings. The Kier molecular flexibility index (Phi) is 4.79. The Morgan fingerprint density at radius 3 is 2.35 bits per heavy atom. The molecule has 0 aliphatic heterocycles. The van der Waals surface area contributed by atoms with E-state index in [9.17, 15) is 22.0 Å². The van der Waals surface area contributed by atoms with Crippen LogP contribution < -0.4 is 5.32 Å². The lowest BCUT2D eigenvalue weighted by Crippen LogP contribution is -2.27. The lowest BCUT2D eigenvalue weighted by atomic mass is 10.1. The fraction of sp³-hybridized carbons (Fsp3) is 0.286. The number of sulfone groups is 1. The summed E-state index contributed by atoms with van der Waals surface area (Å²) in [6, 6.07) is 6.59. The van der Waals surface area contributed by atoms with Crippen molar-refractivity contribution in [3.63, 3.8) is 0 Å². The number of carbonyl (C=O) groups excluding carboxylic acids is 1. The van der Waals surface area contributed by atoms with Crippen molar-refractivity contribution in [2.75, 3.05) is 6.26 Å². The van der Waals surface area contributed by atoms with E-state index < -0.39 is 33.9 Å². The summed E-state index contributed by atoms with van der Waals surface area (Å²) in [6.45, 7) is 1.69. The summed E-state index contributed by atoms with van der Waals surface area (Å²) in [7, 11) is -3.29. The van der Waals surface area contributed by atoms with Gasteiger partial charge in [-0.05, 0) is 30.7 Å². The molecule has 9 heteroatoms. The highest BCUT2D eigenvalue weighted by Gasteiger charge is 2.18. The van der Waals surface area contributed by atoms with Crippen LogP contribution in [-0.2, 0) is 9.84 Å². The number of aromatic amines is 1. The first kappa shape index (κ1) is 17.1. The molecule has 1 aromatic heterocycles. The van der Waals surface area contributed by atoms with Gasteiger partial charge in [-0.2, -0.15) is 5.10 Å². The van der Waals surface area contributed by atoms with E-state index >= 15 is 0 Å². The summed E-state index contributed by atoms with van der Waals surface area (Å²) in [6.07, 6.45) is -1.63. The standard InChI is InChI=1S/C14H15F2N3O3S/c1-8(9-3-5-10(6-4-9)23(2,21)22)17-14(20)12-7-11(13(15)16)18-19-12/h3-8,13H,1-2H3,(H,17,20)(H,18,19)/t8-/m1/s1. The lowest BCUT2D eigenvalue weighted by molar-refractivity contribution is 0.0935. The van der Waals surface area contributed by atoms with Crippen LogP contribution in [0.25, 0.3) is 0 Å². The monoisotopic (exact) mass is 343 g/mol. The van der Waals surface area contributed by atoms with E-state index in [1.165, 1.54) is 12.1 Å². The minimum absolute atomic E-state index is 0.139. The van der Waals surface area contributed by atoms with Gasteiger partial charge in [0.1, 0.15) is 11.4 Å². The van der Waals surface area contributed by atoms with Crippen molar-refractivity contribution in [3.8, 4) is 0 Å². The van der Waals surface area contributed by atoms with Crippen molar-refractivity contribution < 1.29 is 22.0 Å². The maximum atomic E-state index is 12.5. The zero-order valence-electron chi connectivity index (χ0n) is 12.4. The third-order valence-electron chi connectivity index (χ3n) is 3.22. The molecule has 0 saturated heterocycles. The fourth-order valence-electron chi connectivity index (χ4n) is 1.92. The summed E-state index contributed by atoms with van der Waals surface area (Å²) in [5.41, 5.74) is 0.107. The van der Waals surface area contributed by atoms with Gasteiger partial charge in [-0.3, -0.25) is 9.89 Å². The second-order valence-corrected chi connectivity index (χ2v) is 7.06. The second-order valence-electron chi connectivity index (χ2n) is 5.05. The Morgan fingerprint density at radius 1 is 1.26 bits per heavy atom. The van der Waals surface area contributed by atoms with Crippen LogP contribution in [0.2, 0.25) is 0 Å². The number of halogens is 2. The molecule has 0 fully saturated rings. The van der Waals surface area contributed by atoms with Crippen LogP contribution in [0.4, 0.5) is 8.78 Å². The average molecular weight is 343 g/mol. The molecule has 2 rings (SSSR count). The molecular formula is C14H15F2N3O3S. The minimum atomic E-state index is -3.29. The topological polar surface area (TPSA) is 91.9 Å². The van der Waals surface area contributed by atoms with E-state index in [0.717, 1.165) is 12.3 Å².